The standard InChI is InChI=1S/C47H46F4N6/c1-43(2,37-25-27(23-35(52-37)29-19-21-39(48)54-41(29)50)56-44(3,4)31-15-11-12-16-32(31)45(56,5)6)38-26-28(24-36(53-38)30-20-22-40(49)55-42(30)51)57-46(7,8)33-17-13-14-18-34(33)47(57,9)10/h11-26H,1-10H3. The largest absolute Gasteiger partial charge is 0.353 e. The SMILES string of the molecule is CC(C)(c1cc(N2C(C)(C)c3ccccc3C2(C)C)cc(-c2ccc(F)nc2F)n1)c1cc(N2C(C)(C)c3ccccc3C2(C)C)cc(-c2ccc(F)nc2F)n1. The van der Waals surface area contributed by atoms with Crippen molar-refractivity contribution in [2.75, 3.05) is 9.80 Å². The van der Waals surface area contributed by atoms with Crippen LogP contribution >= 0.6 is 0 Å². The first kappa shape index (κ1) is 38.2. The van der Waals surface area contributed by atoms with Gasteiger partial charge in [-0.05, 0) is 140 Å². The summed E-state index contributed by atoms with van der Waals surface area (Å²) in [5.41, 5.74) is 4.87. The zero-order valence-electron chi connectivity index (χ0n) is 33.9. The first-order chi connectivity index (χ1) is 26.7. The molecule has 0 fully saturated rings. The average molecular weight is 771 g/mol. The van der Waals surface area contributed by atoms with Crippen molar-refractivity contribution < 1.29 is 17.6 Å². The molecule has 6 nitrogen and oxygen atoms in total. The first-order valence-electron chi connectivity index (χ1n) is 19.2. The van der Waals surface area contributed by atoms with Gasteiger partial charge >= 0.3 is 0 Å². The van der Waals surface area contributed by atoms with Crippen LogP contribution in [0, 0.1) is 23.8 Å². The summed E-state index contributed by atoms with van der Waals surface area (Å²) in [6.07, 6.45) is 0. The van der Waals surface area contributed by atoms with E-state index in [2.05, 4.69) is 99.4 Å². The molecule has 57 heavy (non-hydrogen) atoms. The summed E-state index contributed by atoms with van der Waals surface area (Å²) in [6, 6.07) is 29.3. The van der Waals surface area contributed by atoms with E-state index in [-0.39, 0.29) is 22.5 Å². The molecule has 2 aromatic carbocycles. The molecule has 6 aromatic rings. The van der Waals surface area contributed by atoms with Gasteiger partial charge in [-0.2, -0.15) is 27.5 Å². The molecule has 10 heteroatoms. The Morgan fingerprint density at radius 1 is 0.439 bits per heavy atom. The minimum atomic E-state index is -1.01. The van der Waals surface area contributed by atoms with Crippen LogP contribution in [-0.2, 0) is 27.6 Å². The van der Waals surface area contributed by atoms with Crippen molar-refractivity contribution in [1.82, 2.24) is 19.9 Å². The number of aromatic nitrogens is 4. The number of nitrogens with zero attached hydrogens (tertiary/aromatic N) is 6. The van der Waals surface area contributed by atoms with Crippen molar-refractivity contribution in [3.8, 4) is 22.5 Å². The molecule has 0 saturated heterocycles. The lowest BCUT2D eigenvalue weighted by atomic mass is 9.83. The summed E-state index contributed by atoms with van der Waals surface area (Å²) in [4.78, 5) is 21.8. The number of pyridine rings is 4. The average Bonchev–Trinajstić information content (AvgIpc) is 3.41. The molecule has 6 heterocycles. The Hall–Kier alpha value is -5.64. The Bertz CT molecular complexity index is 2350. The molecule has 0 aliphatic carbocycles. The number of benzene rings is 2. The molecular weight excluding hydrogens is 725 g/mol. The molecule has 0 radical (unpaired) electrons. The van der Waals surface area contributed by atoms with Crippen molar-refractivity contribution in [2.24, 2.45) is 0 Å². The van der Waals surface area contributed by atoms with Crippen molar-refractivity contribution in [1.29, 1.82) is 0 Å². The highest BCUT2D eigenvalue weighted by Gasteiger charge is 2.51. The summed E-state index contributed by atoms with van der Waals surface area (Å²) in [6.45, 7) is 21.2. The van der Waals surface area contributed by atoms with Crippen molar-refractivity contribution in [2.45, 2.75) is 96.8 Å². The summed E-state index contributed by atoms with van der Waals surface area (Å²) in [5, 5.41) is 0. The lowest BCUT2D eigenvalue weighted by molar-refractivity contribution is 0.402. The van der Waals surface area contributed by atoms with Crippen LogP contribution in [0.15, 0.2) is 97.1 Å². The highest BCUT2D eigenvalue weighted by Crippen LogP contribution is 2.54. The van der Waals surface area contributed by atoms with E-state index in [4.69, 9.17) is 9.97 Å². The summed E-state index contributed by atoms with van der Waals surface area (Å²) < 4.78 is 59.6. The molecule has 0 amide bonds. The zero-order chi connectivity index (χ0) is 41.0. The van der Waals surface area contributed by atoms with Gasteiger partial charge in [-0.3, -0.25) is 9.97 Å². The first-order valence-corrected chi connectivity index (χ1v) is 19.2. The Kier molecular flexibility index (Phi) is 8.51. The lowest BCUT2D eigenvalue weighted by Gasteiger charge is -2.44. The van der Waals surface area contributed by atoms with Crippen LogP contribution in [0.1, 0.15) is 103 Å². The molecule has 0 atom stereocenters. The lowest BCUT2D eigenvalue weighted by Crippen LogP contribution is -2.46. The monoisotopic (exact) mass is 770 g/mol. The summed E-state index contributed by atoms with van der Waals surface area (Å²) in [5.74, 6) is -3.83. The van der Waals surface area contributed by atoms with Gasteiger partial charge in [0.2, 0.25) is 23.8 Å². The Morgan fingerprint density at radius 2 is 0.754 bits per heavy atom. The maximum atomic E-state index is 15.6. The molecule has 292 valence electrons. The molecule has 0 bridgehead atoms. The van der Waals surface area contributed by atoms with Crippen molar-refractivity contribution >= 4 is 11.4 Å². The maximum Gasteiger partial charge on any atom is 0.224 e. The number of fused-ring (bicyclic) bond motifs is 2. The van der Waals surface area contributed by atoms with E-state index in [1.54, 1.807) is 0 Å². The van der Waals surface area contributed by atoms with Gasteiger partial charge in [0.15, 0.2) is 0 Å². The van der Waals surface area contributed by atoms with E-state index >= 15 is 8.78 Å². The molecule has 0 unspecified atom stereocenters. The molecule has 2 aliphatic heterocycles. The van der Waals surface area contributed by atoms with Crippen LogP contribution < -0.4 is 9.80 Å². The molecule has 2 aliphatic rings. The highest BCUT2D eigenvalue weighted by atomic mass is 19.1. The predicted octanol–water partition coefficient (Wildman–Crippen LogP) is 11.5. The number of hydrogen-bond acceptors (Lipinski definition) is 6. The third kappa shape index (κ3) is 5.81. The smallest absolute Gasteiger partial charge is 0.224 e. The molecule has 0 spiro atoms. The highest BCUT2D eigenvalue weighted by molar-refractivity contribution is 5.72. The molecular formula is C47H46F4N6. The van der Waals surface area contributed by atoms with Crippen LogP contribution in [0.2, 0.25) is 0 Å². The summed E-state index contributed by atoms with van der Waals surface area (Å²) in [7, 11) is 0. The molecule has 0 saturated carbocycles. The van der Waals surface area contributed by atoms with Gasteiger partial charge in [-0.1, -0.05) is 48.5 Å². The van der Waals surface area contributed by atoms with Gasteiger partial charge in [0.25, 0.3) is 0 Å². The summed E-state index contributed by atoms with van der Waals surface area (Å²) >= 11 is 0. The normalized spacial score (nSPS) is 17.4. The third-order valence-corrected chi connectivity index (χ3v) is 12.3. The molecule has 0 N–H and O–H groups in total. The van der Waals surface area contributed by atoms with Crippen LogP contribution in [0.5, 0.6) is 0 Å². The van der Waals surface area contributed by atoms with Crippen LogP contribution in [0.3, 0.4) is 0 Å². The number of hydrogen-bond donors (Lipinski definition) is 0. The van der Waals surface area contributed by atoms with Gasteiger partial charge in [0.05, 0.1) is 56.1 Å². The molecule has 8 rings (SSSR count). The van der Waals surface area contributed by atoms with Crippen molar-refractivity contribution in [3.63, 3.8) is 0 Å². The van der Waals surface area contributed by atoms with Gasteiger partial charge in [-0.25, -0.2) is 0 Å². The predicted molar refractivity (Wildman–Crippen MR) is 217 cm³/mol. The Balaban J connectivity index is 1.38. The fourth-order valence-electron chi connectivity index (χ4n) is 9.81. The number of halogens is 4. The topological polar surface area (TPSA) is 58.0 Å². The van der Waals surface area contributed by atoms with Gasteiger partial charge in [-0.15, -0.1) is 0 Å². The molecule has 4 aromatic heterocycles. The van der Waals surface area contributed by atoms with E-state index in [0.717, 1.165) is 45.8 Å². The fraction of sp³-hybridized carbons (Fsp3) is 0.319. The number of rotatable bonds is 6. The van der Waals surface area contributed by atoms with Gasteiger partial charge in [0, 0.05) is 16.8 Å². The van der Waals surface area contributed by atoms with Crippen LogP contribution in [0.25, 0.3) is 22.5 Å². The second-order valence-electron chi connectivity index (χ2n) is 17.8. The van der Waals surface area contributed by atoms with Gasteiger partial charge < -0.3 is 9.80 Å². The zero-order valence-corrected chi connectivity index (χ0v) is 33.9. The fourth-order valence-corrected chi connectivity index (χ4v) is 9.81. The minimum Gasteiger partial charge on any atom is -0.353 e. The van der Waals surface area contributed by atoms with Crippen molar-refractivity contribution in [3.05, 3.63) is 154 Å². The quantitative estimate of drug-likeness (QED) is 0.124. The Morgan fingerprint density at radius 3 is 1.05 bits per heavy atom. The minimum absolute atomic E-state index is 0.0443. The van der Waals surface area contributed by atoms with E-state index in [9.17, 15) is 8.78 Å². The Labute approximate surface area is 331 Å². The van der Waals surface area contributed by atoms with E-state index < -0.39 is 51.4 Å². The number of anilines is 2. The van der Waals surface area contributed by atoms with Crippen LogP contribution in [0.4, 0.5) is 28.9 Å². The van der Waals surface area contributed by atoms with E-state index in [1.165, 1.54) is 12.1 Å². The van der Waals surface area contributed by atoms with E-state index in [0.29, 0.717) is 11.4 Å². The third-order valence-electron chi connectivity index (χ3n) is 12.3. The van der Waals surface area contributed by atoms with E-state index in [1.807, 2.05) is 62.4 Å². The van der Waals surface area contributed by atoms with Gasteiger partial charge in [0.1, 0.15) is 0 Å². The second-order valence-corrected chi connectivity index (χ2v) is 17.8. The maximum absolute atomic E-state index is 15.6. The second kappa shape index (κ2) is 12.7. The van der Waals surface area contributed by atoms with Crippen LogP contribution in [-0.4, -0.2) is 19.9 Å².